The van der Waals surface area contributed by atoms with Crippen LogP contribution < -0.4 is 4.74 Å². The fourth-order valence-electron chi connectivity index (χ4n) is 1.95. The third-order valence-electron chi connectivity index (χ3n) is 3.33. The first-order valence-corrected chi connectivity index (χ1v) is 8.94. The van der Waals surface area contributed by atoms with E-state index >= 15 is 0 Å². The minimum atomic E-state index is -0.659. The molecule has 0 radical (unpaired) electrons. The number of carbonyl (C=O) groups excluding carboxylic acids is 3. The molecule has 0 fully saturated rings. The number of ether oxygens (including phenoxy) is 3. The number of esters is 2. The summed E-state index contributed by atoms with van der Waals surface area (Å²) in [5, 5.41) is 2.69. The Hall–Kier alpha value is -2.65. The molecule has 0 aliphatic heterocycles. The van der Waals surface area contributed by atoms with Crippen LogP contribution in [0.1, 0.15) is 15.5 Å². The summed E-state index contributed by atoms with van der Waals surface area (Å²) in [5.41, 5.74) is 0.0995. The van der Waals surface area contributed by atoms with Gasteiger partial charge in [-0.05, 0) is 24.3 Å². The highest BCUT2D eigenvalue weighted by Crippen LogP contribution is 2.18. The summed E-state index contributed by atoms with van der Waals surface area (Å²) in [6, 6.07) is 6.84. The highest BCUT2D eigenvalue weighted by molar-refractivity contribution is 7.09. The molecule has 0 atom stereocenters. The summed E-state index contributed by atoms with van der Waals surface area (Å²) < 4.78 is 14.7. The van der Waals surface area contributed by atoms with Crippen molar-refractivity contribution >= 4 is 40.8 Å². The van der Waals surface area contributed by atoms with Crippen LogP contribution in [-0.2, 0) is 25.7 Å². The molecule has 1 amide bonds. The van der Waals surface area contributed by atoms with Crippen LogP contribution in [0.5, 0.6) is 5.75 Å². The second kappa shape index (κ2) is 9.89. The van der Waals surface area contributed by atoms with Crippen molar-refractivity contribution in [3.8, 4) is 5.75 Å². The van der Waals surface area contributed by atoms with Crippen molar-refractivity contribution < 1.29 is 28.6 Å². The predicted octanol–water partition coefficient (Wildman–Crippen LogP) is 2.16. The predicted molar refractivity (Wildman–Crippen MR) is 97.8 cm³/mol. The van der Waals surface area contributed by atoms with Gasteiger partial charge in [-0.25, -0.2) is 4.98 Å². The lowest BCUT2D eigenvalue weighted by Gasteiger charge is -2.18. The number of hydrogen-bond acceptors (Lipinski definition) is 8. The summed E-state index contributed by atoms with van der Waals surface area (Å²) in [7, 11) is 2.39. The van der Waals surface area contributed by atoms with Gasteiger partial charge in [-0.1, -0.05) is 11.6 Å². The summed E-state index contributed by atoms with van der Waals surface area (Å²) in [6.45, 7) is -0.620. The Morgan fingerprint density at radius 1 is 1.07 bits per heavy atom. The number of carbonyl (C=O) groups is 3. The van der Waals surface area contributed by atoms with Crippen LogP contribution in [0.2, 0.25) is 5.02 Å². The average Bonchev–Trinajstić information content (AvgIpc) is 3.15. The van der Waals surface area contributed by atoms with Gasteiger partial charge in [0.25, 0.3) is 5.91 Å². The van der Waals surface area contributed by atoms with E-state index in [1.807, 2.05) is 0 Å². The Bertz CT molecular complexity index is 790. The van der Waals surface area contributed by atoms with Crippen molar-refractivity contribution in [2.75, 3.05) is 27.3 Å². The first kappa shape index (κ1) is 20.7. The Labute approximate surface area is 164 Å². The fourth-order valence-corrected chi connectivity index (χ4v) is 2.76. The number of amides is 1. The highest BCUT2D eigenvalue weighted by atomic mass is 35.5. The number of hydrogen-bond donors (Lipinski definition) is 0. The van der Waals surface area contributed by atoms with Gasteiger partial charge in [0.15, 0.2) is 0 Å². The summed E-state index contributed by atoms with van der Waals surface area (Å²) in [6.07, 6.45) is 0. The second-order valence-electron chi connectivity index (χ2n) is 5.18. The number of halogens is 1. The Kier molecular flexibility index (Phi) is 7.56. The molecule has 1 aromatic carbocycles. The second-order valence-corrected chi connectivity index (χ2v) is 6.56. The molecule has 1 aromatic heterocycles. The van der Waals surface area contributed by atoms with Gasteiger partial charge in [-0.15, -0.1) is 11.3 Å². The number of benzene rings is 1. The molecule has 0 bridgehead atoms. The lowest BCUT2D eigenvalue weighted by molar-refractivity contribution is -0.144. The first-order valence-electron chi connectivity index (χ1n) is 7.68. The third-order valence-corrected chi connectivity index (χ3v) is 4.40. The molecular weight excluding hydrogens is 396 g/mol. The van der Waals surface area contributed by atoms with Gasteiger partial charge in [-0.3, -0.25) is 14.4 Å². The Morgan fingerprint density at radius 2 is 1.67 bits per heavy atom. The van der Waals surface area contributed by atoms with Crippen LogP contribution in [0, 0.1) is 0 Å². The molecule has 0 unspecified atom stereocenters. The molecule has 0 aliphatic rings. The SMILES string of the molecule is COC(=O)CN(CC(=O)OC)C(=O)c1csc(COc2ccc(Cl)cc2)n1. The van der Waals surface area contributed by atoms with Gasteiger partial charge in [0.05, 0.1) is 14.2 Å². The maximum absolute atomic E-state index is 12.6. The molecular formula is C17H17ClN2O6S. The minimum Gasteiger partial charge on any atom is -0.486 e. The smallest absolute Gasteiger partial charge is 0.325 e. The van der Waals surface area contributed by atoms with Gasteiger partial charge in [-0.2, -0.15) is 0 Å². The van der Waals surface area contributed by atoms with Crippen molar-refractivity contribution in [2.24, 2.45) is 0 Å². The molecule has 1 heterocycles. The normalized spacial score (nSPS) is 10.2. The van der Waals surface area contributed by atoms with E-state index in [9.17, 15) is 14.4 Å². The van der Waals surface area contributed by atoms with Crippen LogP contribution in [-0.4, -0.2) is 55.0 Å². The van der Waals surface area contributed by atoms with Crippen LogP contribution >= 0.6 is 22.9 Å². The molecule has 2 rings (SSSR count). The number of rotatable bonds is 8. The molecule has 0 aliphatic carbocycles. The van der Waals surface area contributed by atoms with Crippen LogP contribution in [0.4, 0.5) is 0 Å². The van der Waals surface area contributed by atoms with Crippen molar-refractivity contribution in [1.82, 2.24) is 9.88 Å². The van der Waals surface area contributed by atoms with E-state index in [-0.39, 0.29) is 12.3 Å². The largest absolute Gasteiger partial charge is 0.486 e. The molecule has 27 heavy (non-hydrogen) atoms. The summed E-state index contributed by atoms with van der Waals surface area (Å²) in [4.78, 5) is 40.8. The van der Waals surface area contributed by atoms with Crippen molar-refractivity contribution in [2.45, 2.75) is 6.61 Å². The third kappa shape index (κ3) is 6.22. The minimum absolute atomic E-state index is 0.0995. The quantitative estimate of drug-likeness (QED) is 0.613. The lowest BCUT2D eigenvalue weighted by atomic mass is 10.3. The first-order chi connectivity index (χ1) is 12.9. The molecule has 0 N–H and O–H groups in total. The van der Waals surface area contributed by atoms with E-state index < -0.39 is 30.9 Å². The zero-order valence-corrected chi connectivity index (χ0v) is 16.2. The Morgan fingerprint density at radius 3 is 2.22 bits per heavy atom. The van der Waals surface area contributed by atoms with E-state index in [2.05, 4.69) is 14.5 Å². The molecule has 0 saturated carbocycles. The fraction of sp³-hybridized carbons (Fsp3) is 0.294. The number of methoxy groups -OCH3 is 2. The van der Waals surface area contributed by atoms with Gasteiger partial charge < -0.3 is 19.1 Å². The number of thiazole rings is 1. The topological polar surface area (TPSA) is 95.0 Å². The van der Waals surface area contributed by atoms with E-state index in [0.717, 1.165) is 4.90 Å². The molecule has 2 aromatic rings. The van der Waals surface area contributed by atoms with Gasteiger partial charge in [0.2, 0.25) is 0 Å². The van der Waals surface area contributed by atoms with Crippen molar-refractivity contribution in [3.05, 3.63) is 45.4 Å². The number of nitrogens with zero attached hydrogens (tertiary/aromatic N) is 2. The van der Waals surface area contributed by atoms with E-state index in [1.165, 1.54) is 30.9 Å². The molecule has 144 valence electrons. The molecule has 10 heteroatoms. The van der Waals surface area contributed by atoms with Crippen LogP contribution in [0.25, 0.3) is 0 Å². The van der Waals surface area contributed by atoms with Crippen molar-refractivity contribution in [1.29, 1.82) is 0 Å². The van der Waals surface area contributed by atoms with Gasteiger partial charge in [0, 0.05) is 10.4 Å². The zero-order valence-electron chi connectivity index (χ0n) is 14.6. The van der Waals surface area contributed by atoms with E-state index in [4.69, 9.17) is 16.3 Å². The molecule has 0 spiro atoms. The van der Waals surface area contributed by atoms with Gasteiger partial charge >= 0.3 is 11.9 Å². The Balaban J connectivity index is 2.04. The monoisotopic (exact) mass is 412 g/mol. The van der Waals surface area contributed by atoms with Crippen molar-refractivity contribution in [3.63, 3.8) is 0 Å². The summed E-state index contributed by atoms with van der Waals surface area (Å²) in [5.74, 6) is -1.29. The van der Waals surface area contributed by atoms with Crippen LogP contribution in [0.15, 0.2) is 29.6 Å². The average molecular weight is 413 g/mol. The lowest BCUT2D eigenvalue weighted by Crippen LogP contribution is -2.40. The van der Waals surface area contributed by atoms with E-state index in [0.29, 0.717) is 15.8 Å². The highest BCUT2D eigenvalue weighted by Gasteiger charge is 2.24. The van der Waals surface area contributed by atoms with E-state index in [1.54, 1.807) is 24.3 Å². The molecule has 8 nitrogen and oxygen atoms in total. The summed E-state index contributed by atoms with van der Waals surface area (Å²) >= 11 is 7.04. The van der Waals surface area contributed by atoms with Crippen LogP contribution in [0.3, 0.4) is 0 Å². The number of aromatic nitrogens is 1. The maximum Gasteiger partial charge on any atom is 0.325 e. The van der Waals surface area contributed by atoms with Gasteiger partial charge in [0.1, 0.15) is 36.1 Å². The zero-order chi connectivity index (χ0) is 19.8. The maximum atomic E-state index is 12.6. The molecule has 0 saturated heterocycles. The standard InChI is InChI=1S/C17H17ClN2O6S/c1-24-15(21)7-20(8-16(22)25-2)17(23)13-10-27-14(19-13)9-26-12-5-3-11(18)4-6-12/h3-6,10H,7-9H2,1-2H3.